The van der Waals surface area contributed by atoms with Crippen LogP contribution in [0.4, 0.5) is 4.79 Å². The molecule has 0 atom stereocenters. The van der Waals surface area contributed by atoms with Crippen molar-refractivity contribution in [1.29, 1.82) is 0 Å². The number of amides is 2. The molecule has 19 heavy (non-hydrogen) atoms. The van der Waals surface area contributed by atoms with Crippen LogP contribution < -0.4 is 11.2 Å². The van der Waals surface area contributed by atoms with Crippen LogP contribution in [0.3, 0.4) is 0 Å². The van der Waals surface area contributed by atoms with E-state index in [2.05, 4.69) is 5.43 Å². The highest BCUT2D eigenvalue weighted by molar-refractivity contribution is 6.06. The normalized spacial score (nSPS) is 10.4. The van der Waals surface area contributed by atoms with Crippen LogP contribution in [0.5, 0.6) is 0 Å². The Morgan fingerprint density at radius 2 is 2.05 bits per heavy atom. The summed E-state index contributed by atoms with van der Waals surface area (Å²) in [6.45, 7) is 3.76. The van der Waals surface area contributed by atoms with Crippen molar-refractivity contribution >= 4 is 22.9 Å². The molecule has 2 amide bonds. The molecule has 1 aromatic carbocycles. The van der Waals surface area contributed by atoms with Gasteiger partial charge in [-0.2, -0.15) is 0 Å². The molecular weight excluding hydrogens is 246 g/mol. The molecule has 0 bridgehead atoms. The van der Waals surface area contributed by atoms with E-state index in [1.54, 1.807) is 26.0 Å². The van der Waals surface area contributed by atoms with E-state index < -0.39 is 12.0 Å². The van der Waals surface area contributed by atoms with E-state index in [0.29, 0.717) is 28.8 Å². The maximum absolute atomic E-state index is 12.0. The maximum atomic E-state index is 12.0. The highest BCUT2D eigenvalue weighted by atomic mass is 16.5. The second-order valence-electron chi connectivity index (χ2n) is 4.01. The molecule has 0 aliphatic heterocycles. The van der Waals surface area contributed by atoms with E-state index in [4.69, 9.17) is 10.5 Å². The lowest BCUT2D eigenvalue weighted by atomic mass is 10.1. The van der Waals surface area contributed by atoms with Gasteiger partial charge in [-0.15, -0.1) is 0 Å². The highest BCUT2D eigenvalue weighted by Gasteiger charge is 2.21. The topological polar surface area (TPSA) is 86.3 Å². The average molecular weight is 261 g/mol. The molecule has 0 aliphatic carbocycles. The van der Waals surface area contributed by atoms with Crippen LogP contribution >= 0.6 is 0 Å². The van der Waals surface area contributed by atoms with Gasteiger partial charge in [0.15, 0.2) is 0 Å². The molecule has 3 N–H and O–H groups in total. The zero-order chi connectivity index (χ0) is 14.0. The van der Waals surface area contributed by atoms with Crippen LogP contribution in [-0.2, 0) is 4.74 Å². The summed E-state index contributed by atoms with van der Waals surface area (Å²) in [6.07, 6.45) is 0. The molecule has 0 fully saturated rings. The third kappa shape index (κ3) is 2.24. The molecule has 6 heteroatoms. The second kappa shape index (κ2) is 5.01. The summed E-state index contributed by atoms with van der Waals surface area (Å²) < 4.78 is 6.53. The number of nitrogens with two attached hydrogens (primary N) is 1. The zero-order valence-electron chi connectivity index (χ0n) is 10.8. The number of aromatic nitrogens is 1. The Balaban J connectivity index is 2.66. The van der Waals surface area contributed by atoms with Gasteiger partial charge in [-0.05, 0) is 19.9 Å². The van der Waals surface area contributed by atoms with Crippen molar-refractivity contribution in [3.8, 4) is 0 Å². The molecular formula is C13H15N3O3. The Kier molecular flexibility index (Phi) is 3.41. The second-order valence-corrected chi connectivity index (χ2v) is 4.01. The summed E-state index contributed by atoms with van der Waals surface area (Å²) in [6, 6.07) is 6.53. The molecule has 0 unspecified atom stereocenters. The minimum absolute atomic E-state index is 0.293. The van der Waals surface area contributed by atoms with Crippen LogP contribution in [0.1, 0.15) is 23.0 Å². The Labute approximate surface area is 110 Å². The smallest absolute Gasteiger partial charge is 0.340 e. The van der Waals surface area contributed by atoms with Crippen LogP contribution in [0, 0.1) is 6.92 Å². The average Bonchev–Trinajstić information content (AvgIpc) is 2.63. The number of rotatable bonds is 3. The van der Waals surface area contributed by atoms with Crippen molar-refractivity contribution in [2.24, 2.45) is 5.73 Å². The molecule has 0 spiro atoms. The number of ether oxygens (including phenoxy) is 1. The number of fused-ring (bicyclic) bond motifs is 1. The molecule has 2 rings (SSSR count). The molecule has 6 nitrogen and oxygen atoms in total. The van der Waals surface area contributed by atoms with Crippen molar-refractivity contribution in [2.75, 3.05) is 12.0 Å². The standard InChI is InChI=1S/C13H15N3O3/c1-3-19-12(17)11-8(2)16(15-13(14)18)10-7-5-4-6-9(10)11/h4-7H,3H2,1-2H3,(H3,14,15,18). The van der Waals surface area contributed by atoms with Crippen molar-refractivity contribution in [3.63, 3.8) is 0 Å². The van der Waals surface area contributed by atoms with Crippen LogP contribution in [0.15, 0.2) is 24.3 Å². The molecule has 100 valence electrons. The molecule has 0 saturated carbocycles. The van der Waals surface area contributed by atoms with Crippen LogP contribution in [-0.4, -0.2) is 23.3 Å². The van der Waals surface area contributed by atoms with Crippen molar-refractivity contribution < 1.29 is 14.3 Å². The molecule has 1 heterocycles. The minimum Gasteiger partial charge on any atom is -0.462 e. The number of hydrogen-bond acceptors (Lipinski definition) is 3. The van der Waals surface area contributed by atoms with Gasteiger partial charge in [0, 0.05) is 5.39 Å². The fourth-order valence-corrected chi connectivity index (χ4v) is 2.08. The summed E-state index contributed by atoms with van der Waals surface area (Å²) in [5.41, 5.74) is 9.34. The monoisotopic (exact) mass is 261 g/mol. The van der Waals surface area contributed by atoms with Crippen LogP contribution in [0.2, 0.25) is 0 Å². The van der Waals surface area contributed by atoms with Gasteiger partial charge in [0.2, 0.25) is 0 Å². The quantitative estimate of drug-likeness (QED) is 0.825. The summed E-state index contributed by atoms with van der Waals surface area (Å²) in [5.74, 6) is -0.416. The first-order chi connectivity index (χ1) is 9.06. The van der Waals surface area contributed by atoms with Crippen molar-refractivity contribution in [1.82, 2.24) is 4.68 Å². The van der Waals surface area contributed by atoms with Gasteiger partial charge in [0.05, 0.1) is 23.4 Å². The summed E-state index contributed by atoms with van der Waals surface area (Å²) >= 11 is 0. The number of nitrogens with zero attached hydrogens (tertiary/aromatic N) is 1. The maximum Gasteiger partial charge on any atom is 0.340 e. The predicted octanol–water partition coefficient (Wildman–Crippen LogP) is 1.75. The van der Waals surface area contributed by atoms with Gasteiger partial charge in [-0.1, -0.05) is 18.2 Å². The third-order valence-corrected chi connectivity index (χ3v) is 2.81. The fourth-order valence-electron chi connectivity index (χ4n) is 2.08. The Hall–Kier alpha value is -2.50. The van der Waals surface area contributed by atoms with Gasteiger partial charge in [-0.25, -0.2) is 15.0 Å². The van der Waals surface area contributed by atoms with Gasteiger partial charge in [-0.3, -0.25) is 4.68 Å². The van der Waals surface area contributed by atoms with Gasteiger partial charge in [0.25, 0.3) is 0 Å². The Bertz CT molecular complexity index is 646. The van der Waals surface area contributed by atoms with E-state index in [-0.39, 0.29) is 0 Å². The first-order valence-corrected chi connectivity index (χ1v) is 5.90. The Morgan fingerprint density at radius 3 is 2.68 bits per heavy atom. The lowest BCUT2D eigenvalue weighted by Crippen LogP contribution is -2.29. The Morgan fingerprint density at radius 1 is 1.37 bits per heavy atom. The van der Waals surface area contributed by atoms with Gasteiger partial charge < -0.3 is 10.5 Å². The lowest BCUT2D eigenvalue weighted by molar-refractivity contribution is 0.0527. The summed E-state index contributed by atoms with van der Waals surface area (Å²) in [7, 11) is 0. The molecule has 2 aromatic rings. The van der Waals surface area contributed by atoms with E-state index in [0.717, 1.165) is 0 Å². The van der Waals surface area contributed by atoms with E-state index >= 15 is 0 Å². The number of para-hydroxylation sites is 1. The largest absolute Gasteiger partial charge is 0.462 e. The summed E-state index contributed by atoms with van der Waals surface area (Å²) in [5, 5.41) is 0.715. The molecule has 0 aliphatic rings. The van der Waals surface area contributed by atoms with Crippen molar-refractivity contribution in [3.05, 3.63) is 35.5 Å². The summed E-state index contributed by atoms with van der Waals surface area (Å²) in [4.78, 5) is 23.0. The third-order valence-electron chi connectivity index (χ3n) is 2.81. The van der Waals surface area contributed by atoms with Crippen LogP contribution in [0.25, 0.3) is 10.9 Å². The first-order valence-electron chi connectivity index (χ1n) is 5.90. The number of nitrogens with one attached hydrogen (secondary N) is 1. The number of carbonyl (C=O) groups is 2. The SMILES string of the molecule is CCOC(=O)c1c(C)n(NC(N)=O)c2ccccc12. The van der Waals surface area contributed by atoms with E-state index in [9.17, 15) is 9.59 Å². The van der Waals surface area contributed by atoms with Gasteiger partial charge in [0.1, 0.15) is 0 Å². The number of hydrogen-bond donors (Lipinski definition) is 2. The molecule has 0 saturated heterocycles. The van der Waals surface area contributed by atoms with Gasteiger partial charge >= 0.3 is 12.0 Å². The molecule has 0 radical (unpaired) electrons. The highest BCUT2D eigenvalue weighted by Crippen LogP contribution is 2.25. The molecule has 1 aromatic heterocycles. The van der Waals surface area contributed by atoms with E-state index in [1.165, 1.54) is 4.68 Å². The number of primary amides is 1. The predicted molar refractivity (Wildman–Crippen MR) is 71.6 cm³/mol. The van der Waals surface area contributed by atoms with Crippen molar-refractivity contribution in [2.45, 2.75) is 13.8 Å². The number of benzene rings is 1. The number of esters is 1. The van der Waals surface area contributed by atoms with E-state index in [1.807, 2.05) is 12.1 Å². The first kappa shape index (κ1) is 12.9. The minimum atomic E-state index is -0.695. The fraction of sp³-hybridized carbons (Fsp3) is 0.231. The number of carbonyl (C=O) groups excluding carboxylic acids is 2. The lowest BCUT2D eigenvalue weighted by Gasteiger charge is -2.07. The number of urea groups is 1. The zero-order valence-corrected chi connectivity index (χ0v) is 10.8.